The lowest BCUT2D eigenvalue weighted by Crippen LogP contribution is -2.37. The summed E-state index contributed by atoms with van der Waals surface area (Å²) in [6, 6.07) is 4.33. The van der Waals surface area contributed by atoms with Gasteiger partial charge in [-0.15, -0.1) is 0 Å². The fourth-order valence-corrected chi connectivity index (χ4v) is 3.36. The Morgan fingerprint density at radius 3 is 2.76 bits per heavy atom. The van der Waals surface area contributed by atoms with Crippen molar-refractivity contribution in [3.05, 3.63) is 28.3 Å². The highest BCUT2D eigenvalue weighted by Crippen LogP contribution is 2.35. The molecule has 7 nitrogen and oxygen atoms in total. The predicted octanol–water partition coefficient (Wildman–Crippen LogP) is 1.19. The zero-order valence-corrected chi connectivity index (χ0v) is 12.9. The Morgan fingerprint density at radius 2 is 2.19 bits per heavy atom. The van der Waals surface area contributed by atoms with Gasteiger partial charge in [-0.3, -0.25) is 10.1 Å². The molecule has 0 bridgehead atoms. The van der Waals surface area contributed by atoms with E-state index in [4.69, 9.17) is 0 Å². The van der Waals surface area contributed by atoms with Crippen molar-refractivity contribution in [2.75, 3.05) is 31.3 Å². The van der Waals surface area contributed by atoms with E-state index in [2.05, 4.69) is 5.32 Å². The van der Waals surface area contributed by atoms with Gasteiger partial charge in [-0.05, 0) is 32.0 Å². The van der Waals surface area contributed by atoms with Crippen molar-refractivity contribution < 1.29 is 13.3 Å². The van der Waals surface area contributed by atoms with Crippen LogP contribution in [0.25, 0.3) is 0 Å². The summed E-state index contributed by atoms with van der Waals surface area (Å²) in [7, 11) is -1.61. The number of benzene rings is 1. The van der Waals surface area contributed by atoms with Gasteiger partial charge in [0.15, 0.2) is 9.84 Å². The Morgan fingerprint density at radius 1 is 1.48 bits per heavy atom. The number of nitro groups is 1. The van der Waals surface area contributed by atoms with Crippen LogP contribution in [0.15, 0.2) is 23.1 Å². The number of sulfone groups is 1. The van der Waals surface area contributed by atoms with E-state index in [-0.39, 0.29) is 16.6 Å². The Kier molecular flexibility index (Phi) is 4.48. The van der Waals surface area contributed by atoms with E-state index in [1.54, 1.807) is 6.07 Å². The second-order valence-electron chi connectivity index (χ2n) is 5.23. The Balaban J connectivity index is 2.46. The highest BCUT2D eigenvalue weighted by atomic mass is 32.2. The van der Waals surface area contributed by atoms with E-state index >= 15 is 0 Å². The van der Waals surface area contributed by atoms with Gasteiger partial charge in [0.05, 0.1) is 9.82 Å². The molecular weight excluding hydrogens is 294 g/mol. The molecule has 1 aromatic rings. The topological polar surface area (TPSA) is 92.6 Å². The fraction of sp³-hybridized carbons (Fsp3) is 0.538. The molecule has 0 amide bonds. The van der Waals surface area contributed by atoms with Crippen LogP contribution in [-0.4, -0.2) is 45.8 Å². The molecule has 1 N–H and O–H groups in total. The average Bonchev–Trinajstić information content (AvgIpc) is 2.85. The zero-order valence-electron chi connectivity index (χ0n) is 12.1. The van der Waals surface area contributed by atoms with Gasteiger partial charge in [-0.2, -0.15) is 0 Å². The molecular formula is C13H19N3O4S. The first kappa shape index (κ1) is 15.7. The zero-order chi connectivity index (χ0) is 15.6. The molecule has 1 heterocycles. The molecule has 0 saturated carbocycles. The quantitative estimate of drug-likeness (QED) is 0.648. The van der Waals surface area contributed by atoms with E-state index in [1.807, 2.05) is 11.9 Å². The molecule has 1 saturated heterocycles. The smallest absolute Gasteiger partial charge is 0.293 e. The van der Waals surface area contributed by atoms with Crippen LogP contribution in [0.2, 0.25) is 0 Å². The third kappa shape index (κ3) is 3.33. The van der Waals surface area contributed by atoms with Gasteiger partial charge in [0.1, 0.15) is 5.69 Å². The molecule has 0 aliphatic carbocycles. The highest BCUT2D eigenvalue weighted by molar-refractivity contribution is 7.90. The first-order valence-corrected chi connectivity index (χ1v) is 8.63. The van der Waals surface area contributed by atoms with Crippen molar-refractivity contribution in [3.8, 4) is 0 Å². The Hall–Kier alpha value is -1.67. The lowest BCUT2D eigenvalue weighted by atomic mass is 10.2. The molecule has 0 radical (unpaired) electrons. The second-order valence-corrected chi connectivity index (χ2v) is 7.24. The normalized spacial score (nSPS) is 19.0. The van der Waals surface area contributed by atoms with E-state index < -0.39 is 14.8 Å². The molecule has 116 valence electrons. The summed E-state index contributed by atoms with van der Waals surface area (Å²) in [5.41, 5.74) is 0.339. The third-order valence-electron chi connectivity index (χ3n) is 3.70. The van der Waals surface area contributed by atoms with Crippen LogP contribution in [0.4, 0.5) is 11.4 Å². The summed E-state index contributed by atoms with van der Waals surface area (Å²) in [5.74, 6) is 0. The number of likely N-dealkylation sites (N-methyl/N-ethyl adjacent to an activating group) is 1. The van der Waals surface area contributed by atoms with Gasteiger partial charge in [-0.25, -0.2) is 8.42 Å². The molecule has 1 unspecified atom stereocenters. The highest BCUT2D eigenvalue weighted by Gasteiger charge is 2.30. The van der Waals surface area contributed by atoms with Gasteiger partial charge >= 0.3 is 0 Å². The first-order chi connectivity index (χ1) is 9.84. The fourth-order valence-electron chi connectivity index (χ4n) is 2.72. The van der Waals surface area contributed by atoms with Crippen LogP contribution in [0, 0.1) is 10.1 Å². The van der Waals surface area contributed by atoms with Crippen molar-refractivity contribution in [2.45, 2.75) is 23.8 Å². The van der Waals surface area contributed by atoms with E-state index in [1.165, 1.54) is 6.07 Å². The summed E-state index contributed by atoms with van der Waals surface area (Å²) in [6.07, 6.45) is 2.98. The number of hydrogen-bond acceptors (Lipinski definition) is 6. The SMILES string of the molecule is CNCC1CCCN1c1ccc(S(C)(=O)=O)cc1[N+](=O)[O-]. The number of nitrogens with one attached hydrogen (secondary N) is 1. The number of anilines is 1. The van der Waals surface area contributed by atoms with E-state index in [0.29, 0.717) is 5.69 Å². The monoisotopic (exact) mass is 313 g/mol. The van der Waals surface area contributed by atoms with Gasteiger partial charge in [0, 0.05) is 31.5 Å². The largest absolute Gasteiger partial charge is 0.362 e. The molecule has 8 heteroatoms. The summed E-state index contributed by atoms with van der Waals surface area (Å²) in [6.45, 7) is 1.48. The summed E-state index contributed by atoms with van der Waals surface area (Å²) in [5, 5.41) is 14.4. The maximum Gasteiger partial charge on any atom is 0.293 e. The van der Waals surface area contributed by atoms with Gasteiger partial charge < -0.3 is 10.2 Å². The summed E-state index contributed by atoms with van der Waals surface area (Å²) >= 11 is 0. The van der Waals surface area contributed by atoms with Crippen molar-refractivity contribution in [1.82, 2.24) is 5.32 Å². The van der Waals surface area contributed by atoms with E-state index in [9.17, 15) is 18.5 Å². The van der Waals surface area contributed by atoms with Crippen LogP contribution in [0.5, 0.6) is 0 Å². The standard InChI is InChI=1S/C13H19N3O4S/c1-14-9-10-4-3-7-15(10)12-6-5-11(21(2,19)20)8-13(12)16(17)18/h5-6,8,10,14H,3-4,7,9H2,1-2H3. The van der Waals surface area contributed by atoms with Gasteiger partial charge in [0.2, 0.25) is 0 Å². The van der Waals surface area contributed by atoms with Crippen LogP contribution in [0.1, 0.15) is 12.8 Å². The number of nitro benzene ring substituents is 1. The molecule has 0 aromatic heterocycles. The lowest BCUT2D eigenvalue weighted by molar-refractivity contribution is -0.384. The minimum absolute atomic E-state index is 0.0256. The predicted molar refractivity (Wildman–Crippen MR) is 80.5 cm³/mol. The van der Waals surface area contributed by atoms with Crippen LogP contribution < -0.4 is 10.2 Å². The molecule has 1 aliphatic heterocycles. The maximum atomic E-state index is 11.6. The Bertz CT molecular complexity index is 645. The van der Waals surface area contributed by atoms with Crippen molar-refractivity contribution in [3.63, 3.8) is 0 Å². The van der Waals surface area contributed by atoms with Crippen LogP contribution >= 0.6 is 0 Å². The molecule has 21 heavy (non-hydrogen) atoms. The third-order valence-corrected chi connectivity index (χ3v) is 4.81. The maximum absolute atomic E-state index is 11.6. The van der Waals surface area contributed by atoms with E-state index in [0.717, 1.165) is 38.3 Å². The van der Waals surface area contributed by atoms with Crippen LogP contribution in [0.3, 0.4) is 0 Å². The lowest BCUT2D eigenvalue weighted by Gasteiger charge is -2.26. The van der Waals surface area contributed by atoms with Crippen molar-refractivity contribution in [1.29, 1.82) is 0 Å². The van der Waals surface area contributed by atoms with Crippen LogP contribution in [-0.2, 0) is 9.84 Å². The minimum atomic E-state index is -3.46. The number of hydrogen-bond donors (Lipinski definition) is 1. The summed E-state index contributed by atoms with van der Waals surface area (Å²) < 4.78 is 23.1. The second kappa shape index (κ2) is 5.98. The Labute approximate surface area is 124 Å². The molecule has 1 aliphatic rings. The molecule has 0 spiro atoms. The molecule has 2 rings (SSSR count). The average molecular weight is 313 g/mol. The molecule has 1 fully saturated rings. The van der Waals surface area contributed by atoms with Crippen molar-refractivity contribution in [2.24, 2.45) is 0 Å². The molecule has 1 atom stereocenters. The molecule has 1 aromatic carbocycles. The van der Waals surface area contributed by atoms with Gasteiger partial charge in [0.25, 0.3) is 5.69 Å². The minimum Gasteiger partial charge on any atom is -0.362 e. The number of rotatable bonds is 5. The summed E-state index contributed by atoms with van der Waals surface area (Å²) in [4.78, 5) is 12.7. The first-order valence-electron chi connectivity index (χ1n) is 6.74. The number of nitrogens with zero attached hydrogens (tertiary/aromatic N) is 2. The van der Waals surface area contributed by atoms with Crippen molar-refractivity contribution >= 4 is 21.2 Å². The van der Waals surface area contributed by atoms with Gasteiger partial charge in [-0.1, -0.05) is 0 Å².